The molecular formula is C16H24N4O13S2. The molecule has 1 amide bonds. The van der Waals surface area contributed by atoms with Gasteiger partial charge in [0.2, 0.25) is 0 Å². The van der Waals surface area contributed by atoms with E-state index in [4.69, 9.17) is 9.29 Å². The minimum Gasteiger partial charge on any atom is -0.394 e. The fourth-order valence-corrected chi connectivity index (χ4v) is 3.57. The standard InChI is InChI=1S/C16H24N4O13S2/c1-34(28,29)32-4-3-17-12-5-10(13(19(24)25)7-14(12)20(26)27)6-15(33-35(2,30)31)16(23)18-8-11(22)9-21/h5,7,11,15,17,21-22H,3-4,6,8-9H2,1-2H3,(H,18,23). The van der Waals surface area contributed by atoms with Crippen molar-refractivity contribution in [3.8, 4) is 0 Å². The van der Waals surface area contributed by atoms with Crippen LogP contribution < -0.4 is 10.6 Å². The lowest BCUT2D eigenvalue weighted by molar-refractivity contribution is -0.394. The molecule has 0 aliphatic heterocycles. The number of aliphatic hydroxyl groups is 2. The van der Waals surface area contributed by atoms with Crippen molar-refractivity contribution in [1.82, 2.24) is 5.32 Å². The lowest BCUT2D eigenvalue weighted by Crippen LogP contribution is -2.43. The van der Waals surface area contributed by atoms with Crippen molar-refractivity contribution in [2.24, 2.45) is 0 Å². The minimum atomic E-state index is -4.27. The molecule has 0 heterocycles. The Kier molecular flexibility index (Phi) is 10.9. The molecule has 0 saturated heterocycles. The predicted molar refractivity (Wildman–Crippen MR) is 119 cm³/mol. The van der Waals surface area contributed by atoms with Crippen LogP contribution in [-0.4, -0.2) is 93.8 Å². The molecule has 2 atom stereocenters. The maximum atomic E-state index is 12.4. The van der Waals surface area contributed by atoms with Gasteiger partial charge in [0.25, 0.3) is 37.5 Å². The van der Waals surface area contributed by atoms with Crippen LogP contribution in [0.15, 0.2) is 12.1 Å². The Bertz CT molecular complexity index is 1150. The molecule has 0 radical (unpaired) electrons. The lowest BCUT2D eigenvalue weighted by atomic mass is 10.0. The summed E-state index contributed by atoms with van der Waals surface area (Å²) in [6.07, 6.45) is -2.59. The number of nitrogens with one attached hydrogen (secondary N) is 2. The molecule has 0 aliphatic rings. The number of benzene rings is 1. The summed E-state index contributed by atoms with van der Waals surface area (Å²) in [5.74, 6) is -1.10. The Labute approximate surface area is 199 Å². The van der Waals surface area contributed by atoms with Crippen molar-refractivity contribution in [3.05, 3.63) is 37.9 Å². The number of carbonyl (C=O) groups is 1. The maximum Gasteiger partial charge on any atom is 0.299 e. The van der Waals surface area contributed by atoms with Crippen LogP contribution in [0.3, 0.4) is 0 Å². The Morgan fingerprint density at radius 1 is 1.09 bits per heavy atom. The fraction of sp³-hybridized carbons (Fsp3) is 0.562. The van der Waals surface area contributed by atoms with Crippen LogP contribution in [-0.2, 0) is 39.8 Å². The summed E-state index contributed by atoms with van der Waals surface area (Å²) in [5.41, 5.74) is -2.21. The zero-order valence-electron chi connectivity index (χ0n) is 18.4. The van der Waals surface area contributed by atoms with Crippen molar-refractivity contribution >= 4 is 43.2 Å². The second-order valence-corrected chi connectivity index (χ2v) is 10.3. The zero-order valence-corrected chi connectivity index (χ0v) is 20.1. The number of hydrogen-bond donors (Lipinski definition) is 4. The van der Waals surface area contributed by atoms with Crippen LogP contribution in [0.1, 0.15) is 5.56 Å². The van der Waals surface area contributed by atoms with Gasteiger partial charge in [-0.25, -0.2) is 0 Å². The Balaban J connectivity index is 3.36. The van der Waals surface area contributed by atoms with Gasteiger partial charge in [-0.3, -0.25) is 33.4 Å². The van der Waals surface area contributed by atoms with E-state index >= 15 is 0 Å². The van der Waals surface area contributed by atoms with E-state index in [1.165, 1.54) is 0 Å². The molecule has 17 nitrogen and oxygen atoms in total. The largest absolute Gasteiger partial charge is 0.394 e. The molecule has 0 bridgehead atoms. The molecule has 2 unspecified atom stereocenters. The van der Waals surface area contributed by atoms with Gasteiger partial charge in [-0.15, -0.1) is 0 Å². The number of rotatable bonds is 15. The molecule has 35 heavy (non-hydrogen) atoms. The van der Waals surface area contributed by atoms with E-state index in [2.05, 4.69) is 14.8 Å². The van der Waals surface area contributed by atoms with Gasteiger partial charge in [0.05, 0.1) is 47.7 Å². The molecule has 0 saturated carbocycles. The summed E-state index contributed by atoms with van der Waals surface area (Å²) < 4.78 is 54.5. The Morgan fingerprint density at radius 2 is 1.69 bits per heavy atom. The van der Waals surface area contributed by atoms with E-state index in [1.54, 1.807) is 0 Å². The molecule has 19 heteroatoms. The number of nitrogens with zero attached hydrogens (tertiary/aromatic N) is 2. The van der Waals surface area contributed by atoms with Gasteiger partial charge in [0, 0.05) is 25.1 Å². The zero-order chi connectivity index (χ0) is 27.0. The van der Waals surface area contributed by atoms with E-state index in [1.807, 2.05) is 0 Å². The number of aliphatic hydroxyl groups excluding tert-OH is 2. The predicted octanol–water partition coefficient (Wildman–Crippen LogP) is -1.75. The highest BCUT2D eigenvalue weighted by molar-refractivity contribution is 7.86. The molecule has 0 aromatic heterocycles. The third kappa shape index (κ3) is 10.9. The molecule has 4 N–H and O–H groups in total. The number of nitro benzene ring substituents is 2. The van der Waals surface area contributed by atoms with Gasteiger partial charge in [0.1, 0.15) is 5.69 Å². The summed E-state index contributed by atoms with van der Waals surface area (Å²) in [6.45, 7) is -1.91. The minimum absolute atomic E-state index is 0.270. The van der Waals surface area contributed by atoms with Crippen molar-refractivity contribution in [3.63, 3.8) is 0 Å². The Morgan fingerprint density at radius 3 is 2.17 bits per heavy atom. The number of anilines is 1. The molecule has 198 valence electrons. The summed E-state index contributed by atoms with van der Waals surface area (Å²) in [6, 6.07) is 1.51. The average Bonchev–Trinajstić information content (AvgIpc) is 2.72. The first-order valence-electron chi connectivity index (χ1n) is 9.53. The summed E-state index contributed by atoms with van der Waals surface area (Å²) in [4.78, 5) is 33.4. The van der Waals surface area contributed by atoms with Crippen LogP contribution >= 0.6 is 0 Å². The normalized spacial score (nSPS) is 13.6. The molecular weight excluding hydrogens is 520 g/mol. The van der Waals surface area contributed by atoms with E-state index < -0.39 is 85.8 Å². The number of carbonyl (C=O) groups excluding carboxylic acids is 1. The molecule has 1 aromatic rings. The average molecular weight is 545 g/mol. The van der Waals surface area contributed by atoms with Gasteiger partial charge in [-0.05, 0) is 6.07 Å². The lowest BCUT2D eigenvalue weighted by Gasteiger charge is -2.18. The quantitative estimate of drug-likeness (QED) is 0.0826. The van der Waals surface area contributed by atoms with Gasteiger partial charge < -0.3 is 20.8 Å². The van der Waals surface area contributed by atoms with Gasteiger partial charge in [0.15, 0.2) is 6.10 Å². The SMILES string of the molecule is CS(=O)(=O)OCCNc1cc(CC(OS(C)(=O)=O)C(=O)NCC(O)CO)c([N+](=O)[O-])cc1[N+](=O)[O-]. The van der Waals surface area contributed by atoms with E-state index in [-0.39, 0.29) is 17.8 Å². The van der Waals surface area contributed by atoms with Gasteiger partial charge >= 0.3 is 0 Å². The van der Waals surface area contributed by atoms with Crippen LogP contribution in [0.5, 0.6) is 0 Å². The first-order chi connectivity index (χ1) is 16.0. The molecule has 1 rings (SSSR count). The summed E-state index contributed by atoms with van der Waals surface area (Å²) in [5, 5.41) is 45.7. The third-order valence-electron chi connectivity index (χ3n) is 4.02. The number of hydrogen-bond acceptors (Lipinski definition) is 14. The summed E-state index contributed by atoms with van der Waals surface area (Å²) >= 11 is 0. The third-order valence-corrected chi connectivity index (χ3v) is 5.19. The van der Waals surface area contributed by atoms with Crippen LogP contribution in [0.2, 0.25) is 0 Å². The highest BCUT2D eigenvalue weighted by atomic mass is 32.2. The fourth-order valence-electron chi connectivity index (χ4n) is 2.60. The second kappa shape index (κ2) is 12.7. The van der Waals surface area contributed by atoms with Crippen LogP contribution in [0, 0.1) is 20.2 Å². The second-order valence-electron chi connectivity index (χ2n) is 7.04. The first kappa shape index (κ1) is 30.1. The Hall–Kier alpha value is -2.97. The van der Waals surface area contributed by atoms with Crippen LogP contribution in [0.25, 0.3) is 0 Å². The van der Waals surface area contributed by atoms with E-state index in [9.17, 15) is 47.0 Å². The monoisotopic (exact) mass is 544 g/mol. The molecule has 1 aromatic carbocycles. The highest BCUT2D eigenvalue weighted by Gasteiger charge is 2.31. The smallest absolute Gasteiger partial charge is 0.299 e. The van der Waals surface area contributed by atoms with Crippen molar-refractivity contribution in [1.29, 1.82) is 0 Å². The topological polar surface area (TPSA) is 255 Å². The molecule has 0 spiro atoms. The molecule has 0 aliphatic carbocycles. The van der Waals surface area contributed by atoms with Crippen molar-refractivity contribution < 1.29 is 50.1 Å². The first-order valence-corrected chi connectivity index (χ1v) is 13.2. The van der Waals surface area contributed by atoms with Crippen molar-refractivity contribution in [2.75, 3.05) is 44.1 Å². The highest BCUT2D eigenvalue weighted by Crippen LogP contribution is 2.34. The van der Waals surface area contributed by atoms with E-state index in [0.717, 1.165) is 12.3 Å². The number of nitro groups is 2. The maximum absolute atomic E-state index is 12.4. The van der Waals surface area contributed by atoms with E-state index in [0.29, 0.717) is 12.3 Å². The van der Waals surface area contributed by atoms with Gasteiger partial charge in [-0.2, -0.15) is 16.8 Å². The molecule has 0 fully saturated rings. The van der Waals surface area contributed by atoms with Crippen LogP contribution in [0.4, 0.5) is 17.1 Å². The summed E-state index contributed by atoms with van der Waals surface area (Å²) in [7, 11) is -8.07. The number of amides is 1. The van der Waals surface area contributed by atoms with Gasteiger partial charge in [-0.1, -0.05) is 0 Å². The van der Waals surface area contributed by atoms with Crippen molar-refractivity contribution in [2.45, 2.75) is 18.6 Å².